The third-order valence-electron chi connectivity index (χ3n) is 0.885. The molecule has 0 saturated heterocycles. The van der Waals surface area contributed by atoms with Crippen LogP contribution in [0.1, 0.15) is 6.92 Å². The summed E-state index contributed by atoms with van der Waals surface area (Å²) in [6.45, 7) is 1.52. The van der Waals surface area contributed by atoms with E-state index in [-0.39, 0.29) is 0 Å². The summed E-state index contributed by atoms with van der Waals surface area (Å²) in [5.74, 6) is -0.473. The Bertz CT molecular complexity index is 151. The molecule has 1 N–H and O–H groups in total. The van der Waals surface area contributed by atoms with Gasteiger partial charge in [-0.25, -0.2) is 5.09 Å². The van der Waals surface area contributed by atoms with E-state index >= 15 is 0 Å². The zero-order valence-electron chi connectivity index (χ0n) is 5.68. The molecule has 2 unspecified atom stereocenters. The highest BCUT2D eigenvalue weighted by Crippen LogP contribution is 2.20. The van der Waals surface area contributed by atoms with Crippen molar-refractivity contribution >= 4 is 24.5 Å². The van der Waals surface area contributed by atoms with Gasteiger partial charge in [0.1, 0.15) is 6.04 Å². The van der Waals surface area contributed by atoms with Crippen LogP contribution in [-0.4, -0.2) is 19.1 Å². The van der Waals surface area contributed by atoms with Crippen molar-refractivity contribution in [3.05, 3.63) is 0 Å². The number of esters is 1. The van der Waals surface area contributed by atoms with Gasteiger partial charge in [0.25, 0.3) is 0 Å². The Morgan fingerprint density at radius 1 is 1.80 bits per heavy atom. The maximum absolute atomic E-state index is 10.6. The Morgan fingerprint density at radius 2 is 2.30 bits per heavy atom. The van der Waals surface area contributed by atoms with Gasteiger partial charge in [0.15, 0.2) is 0 Å². The van der Waals surface area contributed by atoms with E-state index in [4.69, 9.17) is 11.2 Å². The molecule has 0 aliphatic rings. The number of carbonyl (C=O) groups excluding carboxylic acids is 1. The molecular formula is C4H9ClNO3P. The monoisotopic (exact) mass is 185 g/mol. The topological polar surface area (TPSA) is 55.4 Å². The van der Waals surface area contributed by atoms with Gasteiger partial charge in [0.05, 0.1) is 7.11 Å². The van der Waals surface area contributed by atoms with Crippen molar-refractivity contribution in [1.82, 2.24) is 5.09 Å². The van der Waals surface area contributed by atoms with Gasteiger partial charge >= 0.3 is 5.97 Å². The fourth-order valence-electron chi connectivity index (χ4n) is 0.406. The molecule has 0 aliphatic heterocycles. The average molecular weight is 186 g/mol. The van der Waals surface area contributed by atoms with E-state index in [1.165, 1.54) is 14.0 Å². The molecule has 0 aromatic carbocycles. The molecule has 4 nitrogen and oxygen atoms in total. The van der Waals surface area contributed by atoms with Crippen molar-refractivity contribution in [2.75, 3.05) is 7.11 Å². The van der Waals surface area contributed by atoms with Crippen LogP contribution in [0.3, 0.4) is 0 Å². The van der Waals surface area contributed by atoms with E-state index in [0.29, 0.717) is 0 Å². The van der Waals surface area contributed by atoms with Crippen LogP contribution in [0.4, 0.5) is 0 Å². The highest BCUT2D eigenvalue weighted by Gasteiger charge is 2.12. The maximum Gasteiger partial charge on any atom is 0.322 e. The van der Waals surface area contributed by atoms with Crippen LogP contribution in [0.5, 0.6) is 0 Å². The molecule has 0 amide bonds. The van der Waals surface area contributed by atoms with Gasteiger partial charge in [-0.15, -0.1) is 0 Å². The van der Waals surface area contributed by atoms with Gasteiger partial charge < -0.3 is 4.74 Å². The molecule has 0 aromatic heterocycles. The van der Waals surface area contributed by atoms with E-state index in [2.05, 4.69) is 9.82 Å². The van der Waals surface area contributed by atoms with Crippen molar-refractivity contribution in [3.63, 3.8) is 0 Å². The summed E-state index contributed by atoms with van der Waals surface area (Å²) in [7, 11) is -1.06. The molecule has 0 rings (SSSR count). The Labute approximate surface area is 64.5 Å². The van der Waals surface area contributed by atoms with Gasteiger partial charge in [0.2, 0.25) is 7.30 Å². The van der Waals surface area contributed by atoms with E-state index in [1.54, 1.807) is 0 Å². The minimum Gasteiger partial charge on any atom is -0.468 e. The maximum atomic E-state index is 10.6. The molecular weight excluding hydrogens is 176 g/mol. The van der Waals surface area contributed by atoms with Crippen LogP contribution < -0.4 is 5.09 Å². The Balaban J connectivity index is 3.72. The number of ether oxygens (including phenoxy) is 1. The molecule has 2 atom stereocenters. The Hall–Kier alpha value is -0.0500. The summed E-state index contributed by atoms with van der Waals surface area (Å²) in [5.41, 5.74) is 0. The third kappa shape index (κ3) is 3.88. The summed E-state index contributed by atoms with van der Waals surface area (Å²) in [6, 6.07) is -0.603. The lowest BCUT2D eigenvalue weighted by atomic mass is 10.4. The Kier molecular flexibility index (Phi) is 4.69. The van der Waals surface area contributed by atoms with Crippen molar-refractivity contribution in [1.29, 1.82) is 0 Å². The minimum atomic E-state index is -2.32. The molecule has 0 radical (unpaired) electrons. The standard InChI is InChI=1S/C4H9ClNO3P/c1-3(4(7)9-2)6-10(5)8/h3,10H,1-2H3,(H,6,8). The highest BCUT2D eigenvalue weighted by molar-refractivity contribution is 7.72. The minimum absolute atomic E-state index is 0.473. The van der Waals surface area contributed by atoms with Crippen LogP contribution in [0.2, 0.25) is 0 Å². The SMILES string of the molecule is COC(=O)C(C)N[PH](=O)Cl. The van der Waals surface area contributed by atoms with Crippen molar-refractivity contribution < 1.29 is 14.1 Å². The smallest absolute Gasteiger partial charge is 0.322 e. The Morgan fingerprint density at radius 3 is 2.60 bits per heavy atom. The predicted octanol–water partition coefficient (Wildman–Crippen LogP) is 0.766. The first-order valence-electron chi connectivity index (χ1n) is 2.61. The van der Waals surface area contributed by atoms with Crippen molar-refractivity contribution in [2.45, 2.75) is 13.0 Å². The molecule has 6 heteroatoms. The van der Waals surface area contributed by atoms with E-state index in [9.17, 15) is 9.36 Å². The van der Waals surface area contributed by atoms with E-state index in [1.807, 2.05) is 0 Å². The van der Waals surface area contributed by atoms with Crippen LogP contribution >= 0.6 is 18.5 Å². The first-order valence-corrected chi connectivity index (χ1v) is 5.03. The van der Waals surface area contributed by atoms with Gasteiger partial charge in [-0.3, -0.25) is 9.36 Å². The van der Waals surface area contributed by atoms with Gasteiger partial charge in [-0.05, 0) is 18.2 Å². The molecule has 0 spiro atoms. The van der Waals surface area contributed by atoms with E-state index < -0.39 is 19.3 Å². The quantitative estimate of drug-likeness (QED) is 0.521. The fourth-order valence-corrected chi connectivity index (χ4v) is 1.36. The number of nitrogens with one attached hydrogen (secondary N) is 1. The molecule has 60 valence electrons. The first kappa shape index (κ1) is 9.95. The molecule has 0 aromatic rings. The summed E-state index contributed by atoms with van der Waals surface area (Å²) < 4.78 is 14.6. The molecule has 0 saturated carbocycles. The molecule has 0 bridgehead atoms. The van der Waals surface area contributed by atoms with E-state index in [0.717, 1.165) is 0 Å². The van der Waals surface area contributed by atoms with Gasteiger partial charge in [0, 0.05) is 0 Å². The lowest BCUT2D eigenvalue weighted by molar-refractivity contribution is -0.142. The van der Waals surface area contributed by atoms with Crippen molar-refractivity contribution in [3.8, 4) is 0 Å². The van der Waals surface area contributed by atoms with Gasteiger partial charge in [-0.1, -0.05) is 0 Å². The number of halogens is 1. The highest BCUT2D eigenvalue weighted by atomic mass is 35.7. The molecule has 0 fully saturated rings. The first-order chi connectivity index (χ1) is 4.57. The zero-order valence-corrected chi connectivity index (χ0v) is 7.44. The number of carbonyl (C=O) groups is 1. The summed E-state index contributed by atoms with van der Waals surface area (Å²) in [6.07, 6.45) is 0. The third-order valence-corrected chi connectivity index (χ3v) is 1.87. The van der Waals surface area contributed by atoms with Crippen molar-refractivity contribution in [2.24, 2.45) is 0 Å². The second-order valence-corrected chi connectivity index (χ2v) is 3.53. The largest absolute Gasteiger partial charge is 0.468 e. The number of methoxy groups -OCH3 is 1. The predicted molar refractivity (Wildman–Crippen MR) is 39.5 cm³/mol. The summed E-state index contributed by atoms with van der Waals surface area (Å²) in [5, 5.41) is 2.33. The fraction of sp³-hybridized carbons (Fsp3) is 0.750. The number of hydrogen-bond acceptors (Lipinski definition) is 3. The van der Waals surface area contributed by atoms with Gasteiger partial charge in [-0.2, -0.15) is 0 Å². The lowest BCUT2D eigenvalue weighted by Crippen LogP contribution is -2.29. The second kappa shape index (κ2) is 4.72. The number of rotatable bonds is 3. The molecule has 0 heterocycles. The second-order valence-electron chi connectivity index (χ2n) is 1.66. The van der Waals surface area contributed by atoms with Crippen LogP contribution in [0.25, 0.3) is 0 Å². The summed E-state index contributed by atoms with van der Waals surface area (Å²) in [4.78, 5) is 10.6. The molecule has 0 aliphatic carbocycles. The zero-order chi connectivity index (χ0) is 8.15. The lowest BCUT2D eigenvalue weighted by Gasteiger charge is -2.06. The average Bonchev–Trinajstić information content (AvgIpc) is 1.85. The summed E-state index contributed by atoms with van der Waals surface area (Å²) >= 11 is 5.10. The number of hydrogen-bond donors (Lipinski definition) is 1. The van der Waals surface area contributed by atoms with Crippen LogP contribution in [0.15, 0.2) is 0 Å². The normalized spacial score (nSPS) is 15.9. The van der Waals surface area contributed by atoms with Crippen LogP contribution in [-0.2, 0) is 14.1 Å². The molecule has 10 heavy (non-hydrogen) atoms. The van der Waals surface area contributed by atoms with Crippen LogP contribution in [0, 0.1) is 0 Å².